The maximum absolute atomic E-state index is 12.3. The Kier molecular flexibility index (Phi) is 4.25. The van der Waals surface area contributed by atoms with Crippen LogP contribution in [0.3, 0.4) is 0 Å². The molecule has 3 nitrogen and oxygen atoms in total. The van der Waals surface area contributed by atoms with Gasteiger partial charge in [-0.05, 0) is 37.3 Å². The number of piperidine rings is 1. The molecular formula is C16H24N2O. The van der Waals surface area contributed by atoms with Gasteiger partial charge in [0, 0.05) is 13.1 Å². The lowest BCUT2D eigenvalue weighted by molar-refractivity contribution is -0.132. The zero-order chi connectivity index (χ0) is 13.9. The van der Waals surface area contributed by atoms with E-state index in [0.29, 0.717) is 13.0 Å². The summed E-state index contributed by atoms with van der Waals surface area (Å²) < 4.78 is 0. The Bertz CT molecular complexity index is 448. The van der Waals surface area contributed by atoms with Crippen LogP contribution in [0.15, 0.2) is 24.3 Å². The highest BCUT2D eigenvalue weighted by molar-refractivity contribution is 5.78. The summed E-state index contributed by atoms with van der Waals surface area (Å²) in [4.78, 5) is 14.3. The van der Waals surface area contributed by atoms with E-state index in [1.165, 1.54) is 5.56 Å². The van der Waals surface area contributed by atoms with Gasteiger partial charge in [0.05, 0.1) is 6.42 Å². The molecule has 1 aliphatic heterocycles. The molecule has 1 saturated heterocycles. The fourth-order valence-corrected chi connectivity index (χ4v) is 2.61. The quantitative estimate of drug-likeness (QED) is 0.905. The summed E-state index contributed by atoms with van der Waals surface area (Å²) in [7, 11) is 0. The first-order chi connectivity index (χ1) is 9.02. The first-order valence-corrected chi connectivity index (χ1v) is 7.06. The van der Waals surface area contributed by atoms with E-state index in [2.05, 4.69) is 26.0 Å². The topological polar surface area (TPSA) is 46.3 Å². The average Bonchev–Trinajstić information content (AvgIpc) is 2.39. The van der Waals surface area contributed by atoms with Gasteiger partial charge in [-0.1, -0.05) is 36.8 Å². The molecule has 1 aromatic rings. The number of hydrogen-bond donors (Lipinski definition) is 1. The molecule has 0 spiro atoms. The van der Waals surface area contributed by atoms with Crippen molar-refractivity contribution in [3.8, 4) is 0 Å². The van der Waals surface area contributed by atoms with Crippen molar-refractivity contribution in [3.63, 3.8) is 0 Å². The van der Waals surface area contributed by atoms with Crippen LogP contribution in [-0.2, 0) is 11.2 Å². The molecule has 1 heterocycles. The van der Waals surface area contributed by atoms with Crippen LogP contribution in [0.25, 0.3) is 0 Å². The Morgan fingerprint density at radius 1 is 1.37 bits per heavy atom. The third-order valence-corrected chi connectivity index (χ3v) is 4.25. The normalized spacial score (nSPS) is 18.4. The van der Waals surface area contributed by atoms with Crippen molar-refractivity contribution in [2.24, 2.45) is 11.1 Å². The molecule has 19 heavy (non-hydrogen) atoms. The van der Waals surface area contributed by atoms with E-state index in [1.54, 1.807) is 0 Å². The van der Waals surface area contributed by atoms with Crippen molar-refractivity contribution in [1.29, 1.82) is 0 Å². The highest BCUT2D eigenvalue weighted by atomic mass is 16.2. The van der Waals surface area contributed by atoms with Crippen LogP contribution < -0.4 is 5.73 Å². The second kappa shape index (κ2) is 5.74. The minimum atomic E-state index is 0.222. The molecule has 0 radical (unpaired) electrons. The van der Waals surface area contributed by atoms with E-state index in [0.717, 1.165) is 31.5 Å². The van der Waals surface area contributed by atoms with Gasteiger partial charge in [0.1, 0.15) is 0 Å². The van der Waals surface area contributed by atoms with Crippen molar-refractivity contribution in [3.05, 3.63) is 35.4 Å². The molecule has 0 aliphatic carbocycles. The maximum Gasteiger partial charge on any atom is 0.226 e. The summed E-state index contributed by atoms with van der Waals surface area (Å²) in [6.45, 7) is 6.68. The van der Waals surface area contributed by atoms with Crippen molar-refractivity contribution < 1.29 is 4.79 Å². The van der Waals surface area contributed by atoms with Crippen LogP contribution in [0.1, 0.15) is 30.9 Å². The first kappa shape index (κ1) is 14.1. The van der Waals surface area contributed by atoms with Crippen molar-refractivity contribution in [2.75, 3.05) is 19.6 Å². The average molecular weight is 260 g/mol. The van der Waals surface area contributed by atoms with Gasteiger partial charge in [0.15, 0.2) is 0 Å². The summed E-state index contributed by atoms with van der Waals surface area (Å²) in [6, 6.07) is 8.19. The fourth-order valence-electron chi connectivity index (χ4n) is 2.61. The minimum Gasteiger partial charge on any atom is -0.342 e. The minimum absolute atomic E-state index is 0.222. The predicted octanol–water partition coefficient (Wildman–Crippen LogP) is 2.12. The van der Waals surface area contributed by atoms with Crippen LogP contribution in [0.2, 0.25) is 0 Å². The molecule has 0 bridgehead atoms. The molecule has 1 aliphatic rings. The lowest BCUT2D eigenvalue weighted by Crippen LogP contribution is -2.45. The molecule has 1 aromatic carbocycles. The SMILES string of the molecule is Cc1cccc(CC(=O)N2CCC(C)(CN)CC2)c1. The Morgan fingerprint density at radius 3 is 2.63 bits per heavy atom. The summed E-state index contributed by atoms with van der Waals surface area (Å²) in [5, 5.41) is 0. The summed E-state index contributed by atoms with van der Waals surface area (Å²) >= 11 is 0. The summed E-state index contributed by atoms with van der Waals surface area (Å²) in [6.07, 6.45) is 2.55. The molecular weight excluding hydrogens is 236 g/mol. The van der Waals surface area contributed by atoms with Crippen LogP contribution in [0.4, 0.5) is 0 Å². The molecule has 0 unspecified atom stereocenters. The second-order valence-electron chi connectivity index (χ2n) is 6.06. The number of carbonyl (C=O) groups is 1. The van der Waals surface area contributed by atoms with E-state index in [-0.39, 0.29) is 11.3 Å². The predicted molar refractivity (Wildman–Crippen MR) is 77.9 cm³/mol. The Hall–Kier alpha value is -1.35. The van der Waals surface area contributed by atoms with Crippen LogP contribution in [-0.4, -0.2) is 30.4 Å². The third kappa shape index (κ3) is 3.57. The Morgan fingerprint density at radius 2 is 2.05 bits per heavy atom. The van der Waals surface area contributed by atoms with Gasteiger partial charge in [-0.2, -0.15) is 0 Å². The fraction of sp³-hybridized carbons (Fsp3) is 0.562. The number of likely N-dealkylation sites (tertiary alicyclic amines) is 1. The summed E-state index contributed by atoms with van der Waals surface area (Å²) in [5.74, 6) is 0.240. The van der Waals surface area contributed by atoms with E-state index >= 15 is 0 Å². The van der Waals surface area contributed by atoms with Crippen molar-refractivity contribution in [1.82, 2.24) is 4.90 Å². The molecule has 2 N–H and O–H groups in total. The van der Waals surface area contributed by atoms with E-state index < -0.39 is 0 Å². The van der Waals surface area contributed by atoms with Crippen molar-refractivity contribution in [2.45, 2.75) is 33.1 Å². The van der Waals surface area contributed by atoms with Crippen molar-refractivity contribution >= 4 is 5.91 Å². The molecule has 0 atom stereocenters. The number of benzene rings is 1. The largest absolute Gasteiger partial charge is 0.342 e. The highest BCUT2D eigenvalue weighted by Crippen LogP contribution is 2.29. The molecule has 0 aromatic heterocycles. The molecule has 104 valence electrons. The number of amides is 1. The molecule has 2 rings (SSSR count). The smallest absolute Gasteiger partial charge is 0.226 e. The Balaban J connectivity index is 1.92. The van der Waals surface area contributed by atoms with Crippen LogP contribution >= 0.6 is 0 Å². The monoisotopic (exact) mass is 260 g/mol. The van der Waals surface area contributed by atoms with Gasteiger partial charge in [0.2, 0.25) is 5.91 Å². The van der Waals surface area contributed by atoms with E-state index in [4.69, 9.17) is 5.73 Å². The molecule has 3 heteroatoms. The van der Waals surface area contributed by atoms with Crippen LogP contribution in [0.5, 0.6) is 0 Å². The lowest BCUT2D eigenvalue weighted by atomic mass is 9.80. The summed E-state index contributed by atoms with van der Waals surface area (Å²) in [5.41, 5.74) is 8.33. The number of rotatable bonds is 3. The van der Waals surface area contributed by atoms with Crippen LogP contribution in [0, 0.1) is 12.3 Å². The second-order valence-corrected chi connectivity index (χ2v) is 6.06. The number of nitrogens with zero attached hydrogens (tertiary/aromatic N) is 1. The molecule has 1 amide bonds. The van der Waals surface area contributed by atoms with Gasteiger partial charge in [-0.3, -0.25) is 4.79 Å². The number of carbonyl (C=O) groups excluding carboxylic acids is 1. The number of hydrogen-bond acceptors (Lipinski definition) is 2. The van der Waals surface area contributed by atoms with Gasteiger partial charge in [-0.25, -0.2) is 0 Å². The van der Waals surface area contributed by atoms with E-state index in [9.17, 15) is 4.79 Å². The zero-order valence-corrected chi connectivity index (χ0v) is 12.0. The van der Waals surface area contributed by atoms with E-state index in [1.807, 2.05) is 17.0 Å². The van der Waals surface area contributed by atoms with Gasteiger partial charge >= 0.3 is 0 Å². The lowest BCUT2D eigenvalue weighted by Gasteiger charge is -2.38. The zero-order valence-electron chi connectivity index (χ0n) is 12.0. The highest BCUT2D eigenvalue weighted by Gasteiger charge is 2.30. The molecule has 0 saturated carbocycles. The van der Waals surface area contributed by atoms with Gasteiger partial charge in [0.25, 0.3) is 0 Å². The van der Waals surface area contributed by atoms with Gasteiger partial charge in [-0.15, -0.1) is 0 Å². The van der Waals surface area contributed by atoms with Gasteiger partial charge < -0.3 is 10.6 Å². The Labute approximate surface area is 115 Å². The number of aryl methyl sites for hydroxylation is 1. The first-order valence-electron chi connectivity index (χ1n) is 7.06. The molecule has 1 fully saturated rings. The third-order valence-electron chi connectivity index (χ3n) is 4.25. The standard InChI is InChI=1S/C16H24N2O/c1-13-4-3-5-14(10-13)11-15(19)18-8-6-16(2,12-17)7-9-18/h3-5,10H,6-9,11-12,17H2,1-2H3. The maximum atomic E-state index is 12.3. The number of nitrogens with two attached hydrogens (primary N) is 1.